The van der Waals surface area contributed by atoms with E-state index in [2.05, 4.69) is 11.3 Å². The third kappa shape index (κ3) is 1.56. The highest BCUT2D eigenvalue weighted by atomic mass is 16.5. The molecule has 1 aliphatic carbocycles. The van der Waals surface area contributed by atoms with Gasteiger partial charge in [-0.3, -0.25) is 4.79 Å². The van der Waals surface area contributed by atoms with Crippen LogP contribution in [-0.4, -0.2) is 13.1 Å². The fourth-order valence-corrected chi connectivity index (χ4v) is 0.914. The van der Waals surface area contributed by atoms with Gasteiger partial charge in [0.05, 0.1) is 6.61 Å². The molecule has 9 heavy (non-hydrogen) atoms. The van der Waals surface area contributed by atoms with E-state index in [-0.39, 0.29) is 0 Å². The lowest BCUT2D eigenvalue weighted by atomic mass is 10.3. The Morgan fingerprint density at radius 2 is 2.56 bits per heavy atom. The van der Waals surface area contributed by atoms with Gasteiger partial charge in [0.2, 0.25) is 0 Å². The van der Waals surface area contributed by atoms with Crippen LogP contribution in [-0.2, 0) is 9.53 Å². The Hall–Kier alpha value is -0.790. The highest BCUT2D eigenvalue weighted by molar-refractivity contribution is 5.37. The van der Waals surface area contributed by atoms with E-state index in [9.17, 15) is 4.79 Å². The Kier molecular flexibility index (Phi) is 1.88. The van der Waals surface area contributed by atoms with E-state index < -0.39 is 0 Å². The van der Waals surface area contributed by atoms with Gasteiger partial charge in [-0.1, -0.05) is 6.08 Å². The first-order chi connectivity index (χ1) is 4.38. The maximum absolute atomic E-state index is 9.68. The summed E-state index contributed by atoms with van der Waals surface area (Å²) in [5.74, 6) is 1.16. The Morgan fingerprint density at radius 1 is 1.78 bits per heavy atom. The quantitative estimate of drug-likeness (QED) is 0.414. The minimum Gasteiger partial charge on any atom is -0.468 e. The zero-order valence-corrected chi connectivity index (χ0v) is 5.25. The van der Waals surface area contributed by atoms with E-state index in [1.165, 1.54) is 0 Å². The molecule has 0 unspecified atom stereocenters. The van der Waals surface area contributed by atoms with E-state index >= 15 is 0 Å². The number of carbonyl (C=O) groups is 1. The predicted molar refractivity (Wildman–Crippen MR) is 33.8 cm³/mol. The Labute approximate surface area is 54.5 Å². The summed E-state index contributed by atoms with van der Waals surface area (Å²) in [7, 11) is 0. The smallest absolute Gasteiger partial charge is 0.293 e. The lowest BCUT2D eigenvalue weighted by Gasteiger charge is -1.91. The van der Waals surface area contributed by atoms with Crippen LogP contribution in [0.3, 0.4) is 0 Å². The predicted octanol–water partition coefficient (Wildman–Crippen LogP) is 0.982. The molecule has 0 radical (unpaired) electrons. The molecule has 2 nitrogen and oxygen atoms in total. The third-order valence-electron chi connectivity index (χ3n) is 1.66. The first-order valence-electron chi connectivity index (χ1n) is 3.06. The van der Waals surface area contributed by atoms with Crippen molar-refractivity contribution in [2.75, 3.05) is 6.61 Å². The zero-order chi connectivity index (χ0) is 6.69. The number of ether oxygens (including phenoxy) is 1. The van der Waals surface area contributed by atoms with Crippen molar-refractivity contribution in [1.29, 1.82) is 0 Å². The molecule has 0 spiro atoms. The fourth-order valence-electron chi connectivity index (χ4n) is 0.914. The molecule has 0 aromatic heterocycles. The molecule has 50 valence electrons. The molecule has 2 atom stereocenters. The van der Waals surface area contributed by atoms with Crippen LogP contribution >= 0.6 is 0 Å². The summed E-state index contributed by atoms with van der Waals surface area (Å²) in [4.78, 5) is 9.68. The second-order valence-corrected chi connectivity index (χ2v) is 2.32. The normalized spacial score (nSPS) is 31.1. The Balaban J connectivity index is 2.04. The SMILES string of the molecule is C=C[C@@H]1C[C@@H]1COC=O. The summed E-state index contributed by atoms with van der Waals surface area (Å²) in [6.45, 7) is 4.71. The molecular formula is C7H10O2. The number of allylic oxidation sites excluding steroid dienone is 1. The van der Waals surface area contributed by atoms with Crippen molar-refractivity contribution in [2.45, 2.75) is 6.42 Å². The van der Waals surface area contributed by atoms with Gasteiger partial charge in [-0.05, 0) is 18.3 Å². The van der Waals surface area contributed by atoms with Gasteiger partial charge in [-0.15, -0.1) is 6.58 Å². The number of carbonyl (C=O) groups excluding carboxylic acids is 1. The molecule has 0 saturated heterocycles. The fraction of sp³-hybridized carbons (Fsp3) is 0.571. The summed E-state index contributed by atoms with van der Waals surface area (Å²) in [5, 5.41) is 0. The highest BCUT2D eigenvalue weighted by Gasteiger charge is 2.34. The average Bonchev–Trinajstić information content (AvgIpc) is 2.62. The molecule has 1 aliphatic rings. The lowest BCUT2D eigenvalue weighted by Crippen LogP contribution is -1.94. The van der Waals surface area contributed by atoms with Crippen LogP contribution in [0.1, 0.15) is 6.42 Å². The summed E-state index contributed by atoms with van der Waals surface area (Å²) < 4.78 is 4.56. The van der Waals surface area contributed by atoms with Gasteiger partial charge in [-0.2, -0.15) is 0 Å². The topological polar surface area (TPSA) is 26.3 Å². The van der Waals surface area contributed by atoms with Crippen LogP contribution in [0.2, 0.25) is 0 Å². The van der Waals surface area contributed by atoms with Crippen molar-refractivity contribution in [3.05, 3.63) is 12.7 Å². The van der Waals surface area contributed by atoms with Gasteiger partial charge in [0, 0.05) is 0 Å². The van der Waals surface area contributed by atoms with E-state index in [4.69, 9.17) is 0 Å². The molecule has 0 N–H and O–H groups in total. The maximum atomic E-state index is 9.68. The van der Waals surface area contributed by atoms with Gasteiger partial charge in [-0.25, -0.2) is 0 Å². The van der Waals surface area contributed by atoms with E-state index in [1.54, 1.807) is 0 Å². The molecule has 1 fully saturated rings. The monoisotopic (exact) mass is 126 g/mol. The maximum Gasteiger partial charge on any atom is 0.293 e. The van der Waals surface area contributed by atoms with Crippen molar-refractivity contribution in [3.63, 3.8) is 0 Å². The van der Waals surface area contributed by atoms with Gasteiger partial charge in [0.1, 0.15) is 0 Å². The highest BCUT2D eigenvalue weighted by Crippen LogP contribution is 2.38. The third-order valence-corrected chi connectivity index (χ3v) is 1.66. The molecule has 1 rings (SSSR count). The number of rotatable bonds is 4. The van der Waals surface area contributed by atoms with Crippen LogP contribution in [0, 0.1) is 11.8 Å². The van der Waals surface area contributed by atoms with Gasteiger partial charge in [0.15, 0.2) is 0 Å². The second-order valence-electron chi connectivity index (χ2n) is 2.32. The van der Waals surface area contributed by atoms with Gasteiger partial charge < -0.3 is 4.74 Å². The van der Waals surface area contributed by atoms with Gasteiger partial charge >= 0.3 is 0 Å². The summed E-state index contributed by atoms with van der Waals surface area (Å²) in [6.07, 6.45) is 3.05. The van der Waals surface area contributed by atoms with Crippen LogP contribution in [0.25, 0.3) is 0 Å². The Morgan fingerprint density at radius 3 is 3.00 bits per heavy atom. The van der Waals surface area contributed by atoms with Crippen molar-refractivity contribution in [1.82, 2.24) is 0 Å². The summed E-state index contributed by atoms with van der Waals surface area (Å²) in [5.41, 5.74) is 0. The van der Waals surface area contributed by atoms with Crippen molar-refractivity contribution >= 4 is 6.47 Å². The molecule has 0 aromatic carbocycles. The zero-order valence-electron chi connectivity index (χ0n) is 5.25. The molecule has 0 heterocycles. The second kappa shape index (κ2) is 2.67. The largest absolute Gasteiger partial charge is 0.468 e. The van der Waals surface area contributed by atoms with Gasteiger partial charge in [0.25, 0.3) is 6.47 Å². The summed E-state index contributed by atoms with van der Waals surface area (Å²) >= 11 is 0. The minimum atomic E-state index is 0.498. The van der Waals surface area contributed by atoms with E-state index in [0.29, 0.717) is 24.9 Å². The number of hydrogen-bond acceptors (Lipinski definition) is 2. The average molecular weight is 126 g/mol. The first kappa shape index (κ1) is 6.33. The Bertz CT molecular complexity index is 120. The van der Waals surface area contributed by atoms with Crippen molar-refractivity contribution in [3.8, 4) is 0 Å². The first-order valence-corrected chi connectivity index (χ1v) is 3.06. The van der Waals surface area contributed by atoms with Crippen LogP contribution in [0.15, 0.2) is 12.7 Å². The molecule has 0 bridgehead atoms. The molecule has 1 saturated carbocycles. The standard InChI is InChI=1S/C7H10O2/c1-2-6-3-7(6)4-9-5-8/h2,5-7H,1,3-4H2/t6-,7-/m1/s1. The van der Waals surface area contributed by atoms with E-state index in [0.717, 1.165) is 6.42 Å². The van der Waals surface area contributed by atoms with Crippen LogP contribution in [0.5, 0.6) is 0 Å². The molecule has 0 aromatic rings. The summed E-state index contributed by atoms with van der Waals surface area (Å²) in [6, 6.07) is 0. The van der Waals surface area contributed by atoms with Crippen LogP contribution < -0.4 is 0 Å². The van der Waals surface area contributed by atoms with Crippen molar-refractivity contribution < 1.29 is 9.53 Å². The van der Waals surface area contributed by atoms with Crippen molar-refractivity contribution in [2.24, 2.45) is 11.8 Å². The molecule has 2 heteroatoms. The van der Waals surface area contributed by atoms with E-state index in [1.807, 2.05) is 6.08 Å². The molecule has 0 aliphatic heterocycles. The molecule has 0 amide bonds. The number of hydrogen-bond donors (Lipinski definition) is 0. The lowest BCUT2D eigenvalue weighted by molar-refractivity contribution is -0.129. The van der Waals surface area contributed by atoms with Crippen LogP contribution in [0.4, 0.5) is 0 Å². The molecular weight excluding hydrogens is 116 g/mol. The minimum absolute atomic E-state index is 0.498.